The lowest BCUT2D eigenvalue weighted by molar-refractivity contribution is 0.234. The van der Waals surface area contributed by atoms with Crippen LogP contribution in [0.2, 0.25) is 5.02 Å². The van der Waals surface area contributed by atoms with Crippen molar-refractivity contribution in [2.24, 2.45) is 0 Å². The second-order valence-corrected chi connectivity index (χ2v) is 6.12. The molecule has 2 amide bonds. The van der Waals surface area contributed by atoms with Crippen molar-refractivity contribution in [3.63, 3.8) is 0 Å². The quantitative estimate of drug-likeness (QED) is 0.712. The fraction of sp³-hybridized carbons (Fsp3) is 0.316. The molecule has 0 heterocycles. The van der Waals surface area contributed by atoms with Crippen LogP contribution >= 0.6 is 11.6 Å². The minimum Gasteiger partial charge on any atom is -0.396 e. The summed E-state index contributed by atoms with van der Waals surface area (Å²) < 4.78 is 0. The van der Waals surface area contributed by atoms with Crippen LogP contribution in [-0.4, -0.2) is 24.3 Å². The first-order valence-electron chi connectivity index (χ1n) is 8.06. The minimum absolute atomic E-state index is 0.0811. The Morgan fingerprint density at radius 1 is 1.12 bits per heavy atom. The third-order valence-corrected chi connectivity index (χ3v) is 4.32. The number of hydrogen-bond donors (Lipinski definition) is 3. The molecule has 0 aliphatic heterocycles. The van der Waals surface area contributed by atoms with Crippen molar-refractivity contribution in [3.05, 3.63) is 70.7 Å². The van der Waals surface area contributed by atoms with Crippen LogP contribution in [0.1, 0.15) is 36.4 Å². The summed E-state index contributed by atoms with van der Waals surface area (Å²) in [5.41, 5.74) is 1.98. The first-order valence-corrected chi connectivity index (χ1v) is 8.44. The van der Waals surface area contributed by atoms with E-state index in [4.69, 9.17) is 11.6 Å². The Labute approximate surface area is 147 Å². The second kappa shape index (κ2) is 9.30. The molecule has 0 aromatic heterocycles. The molecular formula is C19H23ClN2O2. The number of hydrogen-bond acceptors (Lipinski definition) is 2. The van der Waals surface area contributed by atoms with Crippen molar-refractivity contribution >= 4 is 17.6 Å². The minimum atomic E-state index is -0.249. The van der Waals surface area contributed by atoms with Gasteiger partial charge in [-0.05, 0) is 30.5 Å². The molecule has 4 nitrogen and oxygen atoms in total. The van der Waals surface area contributed by atoms with Crippen LogP contribution in [0.5, 0.6) is 0 Å². The summed E-state index contributed by atoms with van der Waals surface area (Å²) in [4.78, 5) is 12.2. The molecule has 128 valence electrons. The van der Waals surface area contributed by atoms with Crippen LogP contribution in [0, 0.1) is 0 Å². The Bertz CT molecular complexity index is 649. The molecule has 2 atom stereocenters. The highest BCUT2D eigenvalue weighted by molar-refractivity contribution is 6.31. The van der Waals surface area contributed by atoms with E-state index in [1.807, 2.05) is 55.5 Å². The molecule has 0 spiro atoms. The van der Waals surface area contributed by atoms with Crippen molar-refractivity contribution in [2.75, 3.05) is 13.2 Å². The summed E-state index contributed by atoms with van der Waals surface area (Å²) >= 11 is 6.15. The van der Waals surface area contributed by atoms with E-state index in [2.05, 4.69) is 10.6 Å². The lowest BCUT2D eigenvalue weighted by atomic mass is 9.96. The number of aliphatic hydroxyl groups is 1. The van der Waals surface area contributed by atoms with Gasteiger partial charge in [-0.15, -0.1) is 0 Å². The fourth-order valence-electron chi connectivity index (χ4n) is 2.64. The molecule has 0 bridgehead atoms. The van der Waals surface area contributed by atoms with E-state index >= 15 is 0 Å². The maximum atomic E-state index is 12.2. The van der Waals surface area contributed by atoms with Gasteiger partial charge in [0.25, 0.3) is 0 Å². The largest absolute Gasteiger partial charge is 0.396 e. The van der Waals surface area contributed by atoms with Gasteiger partial charge < -0.3 is 15.7 Å². The predicted octanol–water partition coefficient (Wildman–Crippen LogP) is 3.87. The van der Waals surface area contributed by atoms with Gasteiger partial charge in [-0.2, -0.15) is 0 Å². The normalized spacial score (nSPS) is 13.1. The highest BCUT2D eigenvalue weighted by atomic mass is 35.5. The number of urea groups is 1. The molecule has 5 heteroatoms. The number of amides is 2. The SMILES string of the molecule is CC(NC(=O)NCC(CCO)c1ccccc1)c1ccccc1Cl. The molecule has 0 saturated heterocycles. The number of carbonyl (C=O) groups excluding carboxylic acids is 1. The number of aliphatic hydroxyl groups excluding tert-OH is 1. The van der Waals surface area contributed by atoms with Crippen LogP contribution in [0.25, 0.3) is 0 Å². The van der Waals surface area contributed by atoms with Crippen molar-refractivity contribution in [1.82, 2.24) is 10.6 Å². The maximum Gasteiger partial charge on any atom is 0.315 e. The molecule has 2 unspecified atom stereocenters. The standard InChI is InChI=1S/C19H23ClN2O2/c1-14(17-9-5-6-10-18(17)20)22-19(24)21-13-16(11-12-23)15-7-3-2-4-8-15/h2-10,14,16,23H,11-13H2,1H3,(H2,21,22,24). The topological polar surface area (TPSA) is 61.4 Å². The Hall–Kier alpha value is -2.04. The molecule has 2 aromatic carbocycles. The van der Waals surface area contributed by atoms with E-state index in [-0.39, 0.29) is 24.6 Å². The second-order valence-electron chi connectivity index (χ2n) is 5.72. The molecule has 0 aliphatic rings. The molecular weight excluding hydrogens is 324 g/mol. The molecule has 2 aromatic rings. The predicted molar refractivity (Wildman–Crippen MR) is 97.3 cm³/mol. The highest BCUT2D eigenvalue weighted by Gasteiger charge is 2.15. The zero-order chi connectivity index (χ0) is 17.4. The van der Waals surface area contributed by atoms with Gasteiger partial charge in [0.2, 0.25) is 0 Å². The third kappa shape index (κ3) is 5.25. The highest BCUT2D eigenvalue weighted by Crippen LogP contribution is 2.22. The van der Waals surface area contributed by atoms with Gasteiger partial charge >= 0.3 is 6.03 Å². The van der Waals surface area contributed by atoms with Gasteiger partial charge in [-0.3, -0.25) is 0 Å². The van der Waals surface area contributed by atoms with E-state index in [0.29, 0.717) is 18.0 Å². The summed E-state index contributed by atoms with van der Waals surface area (Å²) in [6.07, 6.45) is 0.602. The summed E-state index contributed by atoms with van der Waals surface area (Å²) in [6, 6.07) is 16.9. The molecule has 0 saturated carbocycles. The zero-order valence-electron chi connectivity index (χ0n) is 13.7. The number of carbonyl (C=O) groups is 1. The molecule has 2 rings (SSSR count). The van der Waals surface area contributed by atoms with Crippen LogP contribution < -0.4 is 10.6 Å². The lowest BCUT2D eigenvalue weighted by Gasteiger charge is -2.20. The van der Waals surface area contributed by atoms with Crippen molar-refractivity contribution < 1.29 is 9.90 Å². The summed E-state index contributed by atoms with van der Waals surface area (Å²) in [5, 5.41) is 15.6. The first kappa shape index (κ1) is 18.3. The van der Waals surface area contributed by atoms with Crippen molar-refractivity contribution in [3.8, 4) is 0 Å². The number of rotatable bonds is 7. The van der Waals surface area contributed by atoms with Crippen LogP contribution in [0.4, 0.5) is 4.79 Å². The van der Waals surface area contributed by atoms with E-state index in [1.54, 1.807) is 6.07 Å². The number of benzene rings is 2. The Morgan fingerprint density at radius 2 is 1.79 bits per heavy atom. The lowest BCUT2D eigenvalue weighted by Crippen LogP contribution is -2.39. The van der Waals surface area contributed by atoms with E-state index in [9.17, 15) is 9.90 Å². The van der Waals surface area contributed by atoms with E-state index < -0.39 is 0 Å². The third-order valence-electron chi connectivity index (χ3n) is 3.98. The van der Waals surface area contributed by atoms with Gasteiger partial charge in [0.05, 0.1) is 6.04 Å². The van der Waals surface area contributed by atoms with Gasteiger partial charge in [-0.1, -0.05) is 60.1 Å². The van der Waals surface area contributed by atoms with Gasteiger partial charge in [0.1, 0.15) is 0 Å². The zero-order valence-corrected chi connectivity index (χ0v) is 14.5. The molecule has 0 radical (unpaired) electrons. The van der Waals surface area contributed by atoms with Gasteiger partial charge in [0.15, 0.2) is 0 Å². The summed E-state index contributed by atoms with van der Waals surface area (Å²) in [6.45, 7) is 2.44. The fourth-order valence-corrected chi connectivity index (χ4v) is 2.93. The molecule has 0 aliphatic carbocycles. The van der Waals surface area contributed by atoms with Crippen LogP contribution in [0.3, 0.4) is 0 Å². The first-order chi connectivity index (χ1) is 11.6. The smallest absolute Gasteiger partial charge is 0.315 e. The van der Waals surface area contributed by atoms with E-state index in [1.165, 1.54) is 0 Å². The number of nitrogens with one attached hydrogen (secondary N) is 2. The Kier molecular flexibility index (Phi) is 7.09. The van der Waals surface area contributed by atoms with E-state index in [0.717, 1.165) is 11.1 Å². The summed E-state index contributed by atoms with van der Waals surface area (Å²) in [7, 11) is 0. The average Bonchev–Trinajstić information content (AvgIpc) is 2.59. The molecule has 3 N–H and O–H groups in total. The van der Waals surface area contributed by atoms with Gasteiger partial charge in [0, 0.05) is 24.1 Å². The Balaban J connectivity index is 1.90. The molecule has 0 fully saturated rings. The maximum absolute atomic E-state index is 12.2. The Morgan fingerprint density at radius 3 is 2.46 bits per heavy atom. The van der Waals surface area contributed by atoms with Crippen molar-refractivity contribution in [1.29, 1.82) is 0 Å². The number of halogens is 1. The van der Waals surface area contributed by atoms with Crippen LogP contribution in [0.15, 0.2) is 54.6 Å². The monoisotopic (exact) mass is 346 g/mol. The average molecular weight is 347 g/mol. The summed E-state index contributed by atoms with van der Waals surface area (Å²) in [5.74, 6) is 0.0811. The molecule has 24 heavy (non-hydrogen) atoms. The van der Waals surface area contributed by atoms with Crippen molar-refractivity contribution in [2.45, 2.75) is 25.3 Å². The van der Waals surface area contributed by atoms with Gasteiger partial charge in [-0.25, -0.2) is 4.79 Å². The van der Waals surface area contributed by atoms with Crippen LogP contribution in [-0.2, 0) is 0 Å².